The van der Waals surface area contributed by atoms with Gasteiger partial charge in [-0.1, -0.05) is 24.0 Å². The standard InChI is InChI=1S/C17H10FNO3/c18-15-8-7-12(10-11(15)4-3-9-20)19-16(21)13-5-1-2-6-14(13)17(19)22/h1-2,5-8,10,20H,9H2. The van der Waals surface area contributed by atoms with Gasteiger partial charge in [-0.05, 0) is 30.3 Å². The fourth-order valence-electron chi connectivity index (χ4n) is 2.31. The second-order valence-electron chi connectivity index (χ2n) is 4.62. The molecule has 0 fully saturated rings. The van der Waals surface area contributed by atoms with Crippen LogP contribution in [0, 0.1) is 17.7 Å². The van der Waals surface area contributed by atoms with Crippen molar-refractivity contribution in [1.82, 2.24) is 0 Å². The molecule has 0 aliphatic carbocycles. The molecule has 0 radical (unpaired) electrons. The van der Waals surface area contributed by atoms with Gasteiger partial charge in [-0.25, -0.2) is 9.29 Å². The van der Waals surface area contributed by atoms with Crippen LogP contribution < -0.4 is 4.90 Å². The van der Waals surface area contributed by atoms with Crippen molar-refractivity contribution >= 4 is 17.5 Å². The van der Waals surface area contributed by atoms with Gasteiger partial charge in [0.1, 0.15) is 12.4 Å². The summed E-state index contributed by atoms with van der Waals surface area (Å²) < 4.78 is 13.7. The number of halogens is 1. The maximum absolute atomic E-state index is 13.7. The number of hydrogen-bond donors (Lipinski definition) is 1. The zero-order valence-electron chi connectivity index (χ0n) is 11.3. The fourth-order valence-corrected chi connectivity index (χ4v) is 2.31. The Kier molecular flexibility index (Phi) is 3.45. The smallest absolute Gasteiger partial charge is 0.266 e. The van der Waals surface area contributed by atoms with Crippen molar-refractivity contribution in [1.29, 1.82) is 0 Å². The first-order valence-electron chi connectivity index (χ1n) is 6.50. The van der Waals surface area contributed by atoms with Crippen LogP contribution in [0.3, 0.4) is 0 Å². The maximum atomic E-state index is 13.7. The molecule has 0 atom stereocenters. The zero-order chi connectivity index (χ0) is 15.7. The number of rotatable bonds is 1. The van der Waals surface area contributed by atoms with Crippen molar-refractivity contribution < 1.29 is 19.1 Å². The van der Waals surface area contributed by atoms with Gasteiger partial charge in [0.15, 0.2) is 0 Å². The monoisotopic (exact) mass is 295 g/mol. The summed E-state index contributed by atoms with van der Waals surface area (Å²) >= 11 is 0. The molecule has 108 valence electrons. The van der Waals surface area contributed by atoms with E-state index < -0.39 is 24.2 Å². The third-order valence-corrected chi connectivity index (χ3v) is 3.30. The van der Waals surface area contributed by atoms with E-state index in [0.29, 0.717) is 11.1 Å². The van der Waals surface area contributed by atoms with Crippen LogP contribution in [0.5, 0.6) is 0 Å². The molecule has 22 heavy (non-hydrogen) atoms. The summed E-state index contributed by atoms with van der Waals surface area (Å²) in [6.07, 6.45) is 0. The molecule has 1 aliphatic heterocycles. The van der Waals surface area contributed by atoms with E-state index >= 15 is 0 Å². The predicted molar refractivity (Wildman–Crippen MR) is 77.9 cm³/mol. The molecule has 0 saturated heterocycles. The highest BCUT2D eigenvalue weighted by Crippen LogP contribution is 2.29. The van der Waals surface area contributed by atoms with Crippen molar-refractivity contribution in [3.8, 4) is 11.8 Å². The Morgan fingerprint density at radius 2 is 1.68 bits per heavy atom. The second kappa shape index (κ2) is 5.43. The van der Waals surface area contributed by atoms with E-state index in [-0.39, 0.29) is 11.3 Å². The number of carbonyl (C=O) groups excluding carboxylic acids is 2. The van der Waals surface area contributed by atoms with Gasteiger partial charge in [0.05, 0.1) is 22.4 Å². The van der Waals surface area contributed by atoms with Gasteiger partial charge >= 0.3 is 0 Å². The summed E-state index contributed by atoms with van der Waals surface area (Å²) in [6, 6.07) is 10.3. The van der Waals surface area contributed by atoms with Crippen LogP contribution in [0.1, 0.15) is 26.3 Å². The predicted octanol–water partition coefficient (Wildman–Crippen LogP) is 1.97. The lowest BCUT2D eigenvalue weighted by Crippen LogP contribution is -2.29. The summed E-state index contributed by atoms with van der Waals surface area (Å²) in [6.45, 7) is -0.406. The molecule has 1 heterocycles. The third-order valence-electron chi connectivity index (χ3n) is 3.30. The Hall–Kier alpha value is -2.97. The molecule has 4 nitrogen and oxygen atoms in total. The number of hydrogen-bond acceptors (Lipinski definition) is 3. The van der Waals surface area contributed by atoms with Crippen molar-refractivity contribution in [3.05, 3.63) is 65.0 Å². The molecular formula is C17H10FNO3. The van der Waals surface area contributed by atoms with Gasteiger partial charge in [-0.3, -0.25) is 9.59 Å². The Morgan fingerprint density at radius 1 is 1.05 bits per heavy atom. The molecular weight excluding hydrogens is 285 g/mol. The van der Waals surface area contributed by atoms with Crippen molar-refractivity contribution in [2.75, 3.05) is 11.5 Å². The average molecular weight is 295 g/mol. The van der Waals surface area contributed by atoms with E-state index in [9.17, 15) is 14.0 Å². The highest BCUT2D eigenvalue weighted by Gasteiger charge is 2.36. The summed E-state index contributed by atoms with van der Waals surface area (Å²) in [5.41, 5.74) is 0.901. The highest BCUT2D eigenvalue weighted by molar-refractivity contribution is 6.34. The quantitative estimate of drug-likeness (QED) is 0.646. The highest BCUT2D eigenvalue weighted by atomic mass is 19.1. The molecule has 1 aliphatic rings. The number of aliphatic hydroxyl groups is 1. The van der Waals surface area contributed by atoms with Gasteiger partial charge in [-0.2, -0.15) is 0 Å². The molecule has 1 N–H and O–H groups in total. The van der Waals surface area contributed by atoms with E-state index in [0.717, 1.165) is 11.0 Å². The van der Waals surface area contributed by atoms with Crippen LogP contribution in [-0.4, -0.2) is 23.5 Å². The molecule has 5 heteroatoms. The van der Waals surface area contributed by atoms with E-state index in [2.05, 4.69) is 11.8 Å². The first-order chi connectivity index (χ1) is 10.6. The van der Waals surface area contributed by atoms with Gasteiger partial charge in [0.25, 0.3) is 11.8 Å². The fraction of sp³-hybridized carbons (Fsp3) is 0.0588. The van der Waals surface area contributed by atoms with Crippen LogP contribution >= 0.6 is 0 Å². The normalized spacial score (nSPS) is 12.9. The number of imide groups is 1. The third kappa shape index (κ3) is 2.16. The van der Waals surface area contributed by atoms with Crippen LogP contribution in [0.25, 0.3) is 0 Å². The number of amides is 2. The van der Waals surface area contributed by atoms with E-state index in [1.807, 2.05) is 0 Å². The number of fused-ring (bicyclic) bond motifs is 1. The van der Waals surface area contributed by atoms with Gasteiger partial charge in [0, 0.05) is 0 Å². The molecule has 0 unspecified atom stereocenters. The van der Waals surface area contributed by atoms with Gasteiger partial charge in [0.2, 0.25) is 0 Å². The first kappa shape index (κ1) is 14.0. The second-order valence-corrected chi connectivity index (χ2v) is 4.62. The summed E-state index contributed by atoms with van der Waals surface area (Å²) in [5, 5.41) is 8.69. The molecule has 3 rings (SSSR count). The number of aliphatic hydroxyl groups excluding tert-OH is 1. The first-order valence-corrected chi connectivity index (χ1v) is 6.50. The number of benzene rings is 2. The average Bonchev–Trinajstić information content (AvgIpc) is 2.79. The van der Waals surface area contributed by atoms with E-state index in [1.165, 1.54) is 12.1 Å². The summed E-state index contributed by atoms with van der Waals surface area (Å²) in [7, 11) is 0. The van der Waals surface area contributed by atoms with Crippen molar-refractivity contribution in [2.24, 2.45) is 0 Å². The molecule has 2 amide bonds. The van der Waals surface area contributed by atoms with Crippen LogP contribution in [0.2, 0.25) is 0 Å². The summed E-state index contributed by atoms with van der Waals surface area (Å²) in [5.74, 6) is 3.31. The Morgan fingerprint density at radius 3 is 2.27 bits per heavy atom. The van der Waals surface area contributed by atoms with Gasteiger partial charge in [-0.15, -0.1) is 0 Å². The lowest BCUT2D eigenvalue weighted by molar-refractivity contribution is 0.0926. The molecule has 2 aromatic carbocycles. The van der Waals surface area contributed by atoms with Crippen LogP contribution in [-0.2, 0) is 0 Å². The van der Waals surface area contributed by atoms with Crippen LogP contribution in [0.15, 0.2) is 42.5 Å². The minimum Gasteiger partial charge on any atom is -0.384 e. The lowest BCUT2D eigenvalue weighted by atomic mass is 10.1. The maximum Gasteiger partial charge on any atom is 0.266 e. The number of carbonyl (C=O) groups is 2. The van der Waals surface area contributed by atoms with Crippen LogP contribution in [0.4, 0.5) is 10.1 Å². The SMILES string of the molecule is O=C1c2ccccc2C(=O)N1c1ccc(F)c(C#CCO)c1. The Labute approximate surface area is 125 Å². The molecule has 0 saturated carbocycles. The summed E-state index contributed by atoms with van der Waals surface area (Å²) in [4.78, 5) is 25.7. The largest absolute Gasteiger partial charge is 0.384 e. The number of anilines is 1. The van der Waals surface area contributed by atoms with E-state index in [4.69, 9.17) is 5.11 Å². The topological polar surface area (TPSA) is 57.6 Å². The van der Waals surface area contributed by atoms with E-state index in [1.54, 1.807) is 24.3 Å². The van der Waals surface area contributed by atoms with Gasteiger partial charge < -0.3 is 5.11 Å². The van der Waals surface area contributed by atoms with Crippen molar-refractivity contribution in [2.45, 2.75) is 0 Å². The Bertz CT molecular complexity index is 813. The zero-order valence-corrected chi connectivity index (χ0v) is 11.3. The minimum absolute atomic E-state index is 0.0168. The lowest BCUT2D eigenvalue weighted by Gasteiger charge is -2.14. The number of nitrogens with zero attached hydrogens (tertiary/aromatic N) is 1. The molecule has 2 aromatic rings. The molecule has 0 spiro atoms. The molecule has 0 bridgehead atoms. The Balaban J connectivity index is 2.06. The van der Waals surface area contributed by atoms with Crippen molar-refractivity contribution in [3.63, 3.8) is 0 Å². The minimum atomic E-state index is -0.582. The molecule has 0 aromatic heterocycles.